The van der Waals surface area contributed by atoms with E-state index < -0.39 is 6.10 Å². The minimum absolute atomic E-state index is 0.0977. The summed E-state index contributed by atoms with van der Waals surface area (Å²) in [5.74, 6) is 0.437. The standard InChI is InChI=1S/C23H20N2O4/c1-15-7-6-8-16(13-15)24-22(26)17-9-2-3-10-18(17)25-23(27)21-14-28-19-11-4-5-12-20(19)29-21/h2-13,21H,14H2,1H3,(H,24,26)(H,25,27)/t21-/m0/s1. The van der Waals surface area contributed by atoms with Crippen LogP contribution in [0.15, 0.2) is 72.8 Å². The quantitative estimate of drug-likeness (QED) is 0.708. The smallest absolute Gasteiger partial charge is 0.269 e. The summed E-state index contributed by atoms with van der Waals surface area (Å²) < 4.78 is 11.3. The number of aryl methyl sites for hydroxylation is 1. The van der Waals surface area contributed by atoms with E-state index in [1.54, 1.807) is 36.4 Å². The van der Waals surface area contributed by atoms with E-state index in [2.05, 4.69) is 10.6 Å². The molecular weight excluding hydrogens is 368 g/mol. The summed E-state index contributed by atoms with van der Waals surface area (Å²) in [5.41, 5.74) is 2.50. The van der Waals surface area contributed by atoms with Gasteiger partial charge in [-0.05, 0) is 48.9 Å². The second-order valence-electron chi connectivity index (χ2n) is 6.72. The molecule has 0 spiro atoms. The van der Waals surface area contributed by atoms with Crippen molar-refractivity contribution >= 4 is 23.2 Å². The molecule has 1 atom stereocenters. The Kier molecular flexibility index (Phi) is 5.16. The first-order chi connectivity index (χ1) is 14.1. The first-order valence-electron chi connectivity index (χ1n) is 9.26. The highest BCUT2D eigenvalue weighted by molar-refractivity contribution is 6.10. The van der Waals surface area contributed by atoms with Crippen molar-refractivity contribution in [2.45, 2.75) is 13.0 Å². The molecule has 2 N–H and O–H groups in total. The molecule has 3 aromatic rings. The zero-order chi connectivity index (χ0) is 20.2. The Morgan fingerprint density at radius 3 is 2.48 bits per heavy atom. The van der Waals surface area contributed by atoms with Crippen LogP contribution in [0.4, 0.5) is 11.4 Å². The van der Waals surface area contributed by atoms with E-state index >= 15 is 0 Å². The normalized spacial score (nSPS) is 14.7. The molecule has 0 aliphatic carbocycles. The van der Waals surface area contributed by atoms with Gasteiger partial charge in [-0.25, -0.2) is 0 Å². The van der Waals surface area contributed by atoms with Crippen molar-refractivity contribution in [2.75, 3.05) is 17.2 Å². The average molecular weight is 388 g/mol. The maximum atomic E-state index is 12.7. The van der Waals surface area contributed by atoms with Gasteiger partial charge in [0.1, 0.15) is 6.61 Å². The fraction of sp³-hybridized carbons (Fsp3) is 0.130. The van der Waals surface area contributed by atoms with Gasteiger partial charge in [-0.3, -0.25) is 9.59 Å². The van der Waals surface area contributed by atoms with Crippen LogP contribution in [0.3, 0.4) is 0 Å². The summed E-state index contributed by atoms with van der Waals surface area (Å²) in [6, 6.07) is 21.6. The zero-order valence-corrected chi connectivity index (χ0v) is 15.8. The van der Waals surface area contributed by atoms with E-state index in [-0.39, 0.29) is 18.4 Å². The van der Waals surface area contributed by atoms with Crippen molar-refractivity contribution < 1.29 is 19.1 Å². The van der Waals surface area contributed by atoms with E-state index in [1.165, 1.54) is 0 Å². The van der Waals surface area contributed by atoms with Crippen LogP contribution in [0.1, 0.15) is 15.9 Å². The molecule has 6 nitrogen and oxygen atoms in total. The summed E-state index contributed by atoms with van der Waals surface area (Å²) >= 11 is 0. The lowest BCUT2D eigenvalue weighted by atomic mass is 10.1. The molecule has 0 aromatic heterocycles. The molecule has 1 heterocycles. The highest BCUT2D eigenvalue weighted by Gasteiger charge is 2.28. The average Bonchev–Trinajstić information content (AvgIpc) is 2.73. The second-order valence-corrected chi connectivity index (χ2v) is 6.72. The van der Waals surface area contributed by atoms with Crippen molar-refractivity contribution in [3.63, 3.8) is 0 Å². The molecule has 0 saturated heterocycles. The van der Waals surface area contributed by atoms with Crippen molar-refractivity contribution in [3.05, 3.63) is 83.9 Å². The highest BCUT2D eigenvalue weighted by Crippen LogP contribution is 2.31. The maximum absolute atomic E-state index is 12.7. The number of ether oxygens (including phenoxy) is 2. The number of carbonyl (C=O) groups excluding carboxylic acids is 2. The number of fused-ring (bicyclic) bond motifs is 1. The first-order valence-corrected chi connectivity index (χ1v) is 9.26. The Morgan fingerprint density at radius 2 is 1.66 bits per heavy atom. The molecule has 1 aliphatic rings. The summed E-state index contributed by atoms with van der Waals surface area (Å²) in [7, 11) is 0. The van der Waals surface area contributed by atoms with Crippen LogP contribution in [0.2, 0.25) is 0 Å². The summed E-state index contributed by atoms with van der Waals surface area (Å²) in [4.78, 5) is 25.5. The van der Waals surface area contributed by atoms with Crippen LogP contribution >= 0.6 is 0 Å². The molecule has 29 heavy (non-hydrogen) atoms. The van der Waals surface area contributed by atoms with Gasteiger partial charge in [0.25, 0.3) is 11.8 Å². The molecule has 4 rings (SSSR count). The van der Waals surface area contributed by atoms with Gasteiger partial charge in [-0.15, -0.1) is 0 Å². The number of carbonyl (C=O) groups is 2. The van der Waals surface area contributed by atoms with Gasteiger partial charge < -0.3 is 20.1 Å². The molecule has 3 aromatic carbocycles. The lowest BCUT2D eigenvalue weighted by Crippen LogP contribution is -2.40. The highest BCUT2D eigenvalue weighted by atomic mass is 16.6. The number of benzene rings is 3. The minimum atomic E-state index is -0.808. The summed E-state index contributed by atoms with van der Waals surface area (Å²) in [6.07, 6.45) is -0.808. The predicted molar refractivity (Wildman–Crippen MR) is 111 cm³/mol. The van der Waals surface area contributed by atoms with Crippen LogP contribution in [0, 0.1) is 6.92 Å². The number of anilines is 2. The van der Waals surface area contributed by atoms with Crippen LogP contribution in [-0.2, 0) is 4.79 Å². The molecule has 1 aliphatic heterocycles. The van der Waals surface area contributed by atoms with Gasteiger partial charge in [0.15, 0.2) is 11.5 Å². The third-order valence-corrected chi connectivity index (χ3v) is 4.51. The molecule has 0 fully saturated rings. The Hall–Kier alpha value is -3.80. The molecule has 146 valence electrons. The maximum Gasteiger partial charge on any atom is 0.269 e. The molecule has 0 bridgehead atoms. The van der Waals surface area contributed by atoms with Crippen LogP contribution in [0.5, 0.6) is 11.5 Å². The van der Waals surface area contributed by atoms with Gasteiger partial charge in [0.2, 0.25) is 6.10 Å². The summed E-state index contributed by atoms with van der Waals surface area (Å²) in [5, 5.41) is 5.64. The molecule has 0 unspecified atom stereocenters. The largest absolute Gasteiger partial charge is 0.485 e. The van der Waals surface area contributed by atoms with Gasteiger partial charge in [0.05, 0.1) is 11.3 Å². The van der Waals surface area contributed by atoms with E-state index in [9.17, 15) is 9.59 Å². The SMILES string of the molecule is Cc1cccc(NC(=O)c2ccccc2NC(=O)[C@@H]2COc3ccccc3O2)c1. The van der Waals surface area contributed by atoms with E-state index in [1.807, 2.05) is 43.3 Å². The van der Waals surface area contributed by atoms with Crippen LogP contribution in [0.25, 0.3) is 0 Å². The lowest BCUT2D eigenvalue weighted by Gasteiger charge is -2.25. The van der Waals surface area contributed by atoms with Gasteiger partial charge >= 0.3 is 0 Å². The number of nitrogens with one attached hydrogen (secondary N) is 2. The van der Waals surface area contributed by atoms with E-state index in [0.717, 1.165) is 5.56 Å². The topological polar surface area (TPSA) is 76.7 Å². The number of hydrogen-bond donors (Lipinski definition) is 2. The third kappa shape index (κ3) is 4.21. The number of para-hydroxylation sites is 3. The number of amides is 2. The predicted octanol–water partition coefficient (Wildman–Crippen LogP) is 4.03. The van der Waals surface area contributed by atoms with Crippen molar-refractivity contribution in [3.8, 4) is 11.5 Å². The van der Waals surface area contributed by atoms with Crippen LogP contribution < -0.4 is 20.1 Å². The fourth-order valence-corrected chi connectivity index (χ4v) is 3.07. The fourth-order valence-electron chi connectivity index (χ4n) is 3.07. The number of rotatable bonds is 4. The van der Waals surface area contributed by atoms with E-state index in [4.69, 9.17) is 9.47 Å². The molecule has 0 saturated carbocycles. The van der Waals surface area contributed by atoms with Gasteiger partial charge in [0, 0.05) is 5.69 Å². The summed E-state index contributed by atoms with van der Waals surface area (Å²) in [6.45, 7) is 2.05. The van der Waals surface area contributed by atoms with E-state index in [0.29, 0.717) is 28.4 Å². The van der Waals surface area contributed by atoms with Crippen molar-refractivity contribution in [1.29, 1.82) is 0 Å². The minimum Gasteiger partial charge on any atom is -0.485 e. The van der Waals surface area contributed by atoms with Crippen LogP contribution in [-0.4, -0.2) is 24.5 Å². The second kappa shape index (κ2) is 8.06. The molecular formula is C23H20N2O4. The van der Waals surface area contributed by atoms with Crippen molar-refractivity contribution in [1.82, 2.24) is 0 Å². The number of hydrogen-bond acceptors (Lipinski definition) is 4. The van der Waals surface area contributed by atoms with Gasteiger partial charge in [-0.2, -0.15) is 0 Å². The third-order valence-electron chi connectivity index (χ3n) is 4.51. The Morgan fingerprint density at radius 1 is 0.897 bits per heavy atom. The lowest BCUT2D eigenvalue weighted by molar-refractivity contribution is -0.125. The zero-order valence-electron chi connectivity index (χ0n) is 15.8. The molecule has 2 amide bonds. The van der Waals surface area contributed by atoms with Gasteiger partial charge in [-0.1, -0.05) is 36.4 Å². The Labute approximate surface area is 168 Å². The Bertz CT molecular complexity index is 1060. The molecule has 6 heteroatoms. The Balaban J connectivity index is 1.48. The monoisotopic (exact) mass is 388 g/mol. The molecule has 0 radical (unpaired) electrons. The van der Waals surface area contributed by atoms with Crippen molar-refractivity contribution in [2.24, 2.45) is 0 Å². The first kappa shape index (κ1) is 18.6.